The summed E-state index contributed by atoms with van der Waals surface area (Å²) in [5, 5.41) is 2.51. The van der Waals surface area contributed by atoms with Crippen LogP contribution in [0.25, 0.3) is 6.08 Å². The summed E-state index contributed by atoms with van der Waals surface area (Å²) < 4.78 is 4.85. The van der Waals surface area contributed by atoms with Gasteiger partial charge in [0.05, 0.1) is 18.8 Å². The van der Waals surface area contributed by atoms with E-state index in [9.17, 15) is 9.59 Å². The molecule has 18 heavy (non-hydrogen) atoms. The molecule has 0 saturated carbocycles. The summed E-state index contributed by atoms with van der Waals surface area (Å²) in [6.07, 6.45) is 3.17. The van der Waals surface area contributed by atoms with Gasteiger partial charge in [-0.25, -0.2) is 4.79 Å². The summed E-state index contributed by atoms with van der Waals surface area (Å²) in [5.74, 6) is -0.359. The average Bonchev–Trinajstić information content (AvgIpc) is 2.64. The number of amides is 3. The topological polar surface area (TPSA) is 71.5 Å². The molecule has 0 spiro atoms. The maximum Gasteiger partial charge on any atom is 0.329 e. The lowest BCUT2D eigenvalue weighted by atomic mass is 10.3. The van der Waals surface area contributed by atoms with Crippen LogP contribution >= 0.6 is 0 Å². The molecule has 1 aliphatic heterocycles. The van der Waals surface area contributed by atoms with Crippen LogP contribution in [0.3, 0.4) is 0 Å². The molecule has 0 radical (unpaired) electrons. The number of rotatable bonds is 4. The molecule has 0 atom stereocenters. The maximum atomic E-state index is 11.9. The molecule has 2 rings (SSSR count). The molecule has 1 fully saturated rings. The van der Waals surface area contributed by atoms with Gasteiger partial charge in [-0.3, -0.25) is 14.7 Å². The zero-order chi connectivity index (χ0) is 13.0. The van der Waals surface area contributed by atoms with Crippen LogP contribution in [0.5, 0.6) is 0 Å². The monoisotopic (exact) mass is 247 g/mol. The van der Waals surface area contributed by atoms with Crippen LogP contribution in [0.2, 0.25) is 0 Å². The van der Waals surface area contributed by atoms with E-state index < -0.39 is 6.03 Å². The Morgan fingerprint density at radius 3 is 2.94 bits per heavy atom. The van der Waals surface area contributed by atoms with Crippen LogP contribution in [0.1, 0.15) is 5.69 Å². The number of hydrogen-bond donors (Lipinski definition) is 1. The second-order valence-corrected chi connectivity index (χ2v) is 3.69. The van der Waals surface area contributed by atoms with Gasteiger partial charge in [-0.1, -0.05) is 6.07 Å². The predicted octanol–water partition coefficient (Wildman–Crippen LogP) is 0.621. The van der Waals surface area contributed by atoms with Gasteiger partial charge in [-0.05, 0) is 18.2 Å². The van der Waals surface area contributed by atoms with E-state index in [2.05, 4.69) is 10.3 Å². The molecule has 0 unspecified atom stereocenters. The lowest BCUT2D eigenvalue weighted by molar-refractivity contribution is -0.123. The van der Waals surface area contributed by atoms with Gasteiger partial charge in [-0.15, -0.1) is 0 Å². The number of nitrogens with one attached hydrogen (secondary N) is 1. The molecule has 1 N–H and O–H groups in total. The first kappa shape index (κ1) is 12.3. The first-order valence-electron chi connectivity index (χ1n) is 5.47. The predicted molar refractivity (Wildman–Crippen MR) is 64.3 cm³/mol. The van der Waals surface area contributed by atoms with Gasteiger partial charge in [0.1, 0.15) is 5.70 Å². The number of nitrogens with zero attached hydrogens (tertiary/aromatic N) is 2. The standard InChI is InChI=1S/C12H13N3O3/c1-18-7-6-15-11(16)10(14-12(15)17)8-9-4-2-3-5-13-9/h2-5,8H,6-7H2,1H3,(H,14,17)/b10-8+. The van der Waals surface area contributed by atoms with E-state index >= 15 is 0 Å². The van der Waals surface area contributed by atoms with E-state index in [0.29, 0.717) is 12.3 Å². The van der Waals surface area contributed by atoms with Gasteiger partial charge in [0.2, 0.25) is 0 Å². The number of pyridine rings is 1. The van der Waals surface area contributed by atoms with Gasteiger partial charge >= 0.3 is 6.03 Å². The van der Waals surface area contributed by atoms with Crippen molar-refractivity contribution in [3.8, 4) is 0 Å². The fraction of sp³-hybridized carbons (Fsp3) is 0.250. The van der Waals surface area contributed by atoms with E-state index in [4.69, 9.17) is 4.74 Å². The Bertz CT molecular complexity index is 485. The fourth-order valence-corrected chi connectivity index (χ4v) is 1.57. The Labute approximate surface area is 104 Å². The van der Waals surface area contributed by atoms with Crippen LogP contribution in [0.4, 0.5) is 4.79 Å². The lowest BCUT2D eigenvalue weighted by Gasteiger charge is -2.09. The summed E-state index contributed by atoms with van der Waals surface area (Å²) in [6.45, 7) is 0.552. The Morgan fingerprint density at radius 1 is 1.44 bits per heavy atom. The first-order chi connectivity index (χ1) is 8.72. The number of methoxy groups -OCH3 is 1. The molecule has 0 aromatic carbocycles. The third-order valence-electron chi connectivity index (χ3n) is 2.46. The molecular formula is C12H13N3O3. The van der Waals surface area contributed by atoms with Crippen LogP contribution in [-0.2, 0) is 9.53 Å². The lowest BCUT2D eigenvalue weighted by Crippen LogP contribution is -2.33. The molecule has 0 bridgehead atoms. The second kappa shape index (κ2) is 5.42. The highest BCUT2D eigenvalue weighted by Crippen LogP contribution is 2.12. The molecule has 1 saturated heterocycles. The third-order valence-corrected chi connectivity index (χ3v) is 2.46. The Morgan fingerprint density at radius 2 is 2.28 bits per heavy atom. The van der Waals surface area contributed by atoms with E-state index in [1.807, 2.05) is 6.07 Å². The Kier molecular flexibility index (Phi) is 3.69. The molecule has 2 heterocycles. The molecular weight excluding hydrogens is 234 g/mol. The highest BCUT2D eigenvalue weighted by molar-refractivity contribution is 6.13. The number of imide groups is 1. The SMILES string of the molecule is COCCN1C(=O)N/C(=C/c2ccccn2)C1=O. The van der Waals surface area contributed by atoms with Crippen molar-refractivity contribution in [2.45, 2.75) is 0 Å². The minimum absolute atomic E-state index is 0.231. The molecule has 6 heteroatoms. The number of aromatic nitrogens is 1. The summed E-state index contributed by atoms with van der Waals surface area (Å²) in [5.41, 5.74) is 0.851. The molecule has 1 aromatic heterocycles. The normalized spacial score (nSPS) is 17.4. The van der Waals surface area contributed by atoms with Crippen molar-refractivity contribution in [2.75, 3.05) is 20.3 Å². The van der Waals surface area contributed by atoms with Gasteiger partial charge in [0.15, 0.2) is 0 Å². The van der Waals surface area contributed by atoms with E-state index in [-0.39, 0.29) is 18.1 Å². The summed E-state index contributed by atoms with van der Waals surface area (Å²) in [4.78, 5) is 28.7. The van der Waals surface area contributed by atoms with Crippen LogP contribution in [-0.4, -0.2) is 42.1 Å². The van der Waals surface area contributed by atoms with E-state index in [1.165, 1.54) is 7.11 Å². The number of carbonyl (C=O) groups is 2. The molecule has 0 aliphatic carbocycles. The third kappa shape index (κ3) is 2.54. The van der Waals surface area contributed by atoms with Crippen molar-refractivity contribution in [3.63, 3.8) is 0 Å². The summed E-state index contributed by atoms with van der Waals surface area (Å²) in [7, 11) is 1.52. The van der Waals surface area contributed by atoms with Gasteiger partial charge in [-0.2, -0.15) is 0 Å². The van der Waals surface area contributed by atoms with Crippen molar-refractivity contribution < 1.29 is 14.3 Å². The van der Waals surface area contributed by atoms with Gasteiger partial charge in [0.25, 0.3) is 5.91 Å². The quantitative estimate of drug-likeness (QED) is 0.625. The van der Waals surface area contributed by atoms with Crippen molar-refractivity contribution in [2.24, 2.45) is 0 Å². The van der Waals surface area contributed by atoms with Gasteiger partial charge < -0.3 is 10.1 Å². The highest BCUT2D eigenvalue weighted by Gasteiger charge is 2.32. The molecule has 94 valence electrons. The molecule has 6 nitrogen and oxygen atoms in total. The number of hydrogen-bond acceptors (Lipinski definition) is 4. The highest BCUT2D eigenvalue weighted by atomic mass is 16.5. The Balaban J connectivity index is 2.15. The minimum atomic E-state index is -0.431. The fourth-order valence-electron chi connectivity index (χ4n) is 1.57. The number of ether oxygens (including phenoxy) is 1. The minimum Gasteiger partial charge on any atom is -0.383 e. The summed E-state index contributed by atoms with van der Waals surface area (Å²) in [6, 6.07) is 4.91. The van der Waals surface area contributed by atoms with Crippen molar-refractivity contribution in [1.29, 1.82) is 0 Å². The number of urea groups is 1. The molecule has 3 amide bonds. The number of carbonyl (C=O) groups excluding carboxylic acids is 2. The largest absolute Gasteiger partial charge is 0.383 e. The van der Waals surface area contributed by atoms with Crippen LogP contribution < -0.4 is 5.32 Å². The Hall–Kier alpha value is -2.21. The first-order valence-corrected chi connectivity index (χ1v) is 5.47. The second-order valence-electron chi connectivity index (χ2n) is 3.69. The van der Waals surface area contributed by atoms with Crippen molar-refractivity contribution >= 4 is 18.0 Å². The van der Waals surface area contributed by atoms with Crippen LogP contribution in [0, 0.1) is 0 Å². The zero-order valence-electron chi connectivity index (χ0n) is 9.92. The van der Waals surface area contributed by atoms with E-state index in [0.717, 1.165) is 4.90 Å². The van der Waals surface area contributed by atoms with Gasteiger partial charge in [0, 0.05) is 13.3 Å². The summed E-state index contributed by atoms with van der Waals surface area (Å²) >= 11 is 0. The zero-order valence-corrected chi connectivity index (χ0v) is 9.92. The maximum absolute atomic E-state index is 11.9. The molecule has 1 aromatic rings. The average molecular weight is 247 g/mol. The van der Waals surface area contributed by atoms with Crippen LogP contribution in [0.15, 0.2) is 30.1 Å². The van der Waals surface area contributed by atoms with Crippen molar-refractivity contribution in [3.05, 3.63) is 35.8 Å². The molecule has 1 aliphatic rings. The van der Waals surface area contributed by atoms with E-state index in [1.54, 1.807) is 24.4 Å². The smallest absolute Gasteiger partial charge is 0.329 e. The van der Waals surface area contributed by atoms with Crippen molar-refractivity contribution in [1.82, 2.24) is 15.2 Å².